The van der Waals surface area contributed by atoms with E-state index in [1.807, 2.05) is 31.2 Å². The molecule has 1 rings (SSSR count). The molecule has 0 aliphatic carbocycles. The fourth-order valence-corrected chi connectivity index (χ4v) is 1.41. The van der Waals surface area contributed by atoms with Crippen molar-refractivity contribution in [3.05, 3.63) is 35.4 Å². The molecule has 3 heteroatoms. The second-order valence-corrected chi connectivity index (χ2v) is 4.08. The number of hydrogen-bond acceptors (Lipinski definition) is 2. The van der Waals surface area contributed by atoms with Crippen molar-refractivity contribution in [1.82, 2.24) is 4.90 Å². The van der Waals surface area contributed by atoms with Gasteiger partial charge >= 0.3 is 0 Å². The normalized spacial score (nSPS) is 12.3. The third-order valence-electron chi connectivity index (χ3n) is 2.16. The van der Waals surface area contributed by atoms with Crippen LogP contribution in [-0.4, -0.2) is 30.9 Å². The van der Waals surface area contributed by atoms with E-state index in [9.17, 15) is 4.79 Å². The van der Waals surface area contributed by atoms with E-state index in [0.29, 0.717) is 5.56 Å². The first-order chi connectivity index (χ1) is 7.00. The van der Waals surface area contributed by atoms with Crippen LogP contribution in [0.4, 0.5) is 0 Å². The van der Waals surface area contributed by atoms with Gasteiger partial charge in [-0.3, -0.25) is 4.79 Å². The van der Waals surface area contributed by atoms with Crippen LogP contribution in [0.1, 0.15) is 22.8 Å². The summed E-state index contributed by atoms with van der Waals surface area (Å²) in [5.74, 6) is 0.0300. The molecule has 2 N–H and O–H groups in total. The second-order valence-electron chi connectivity index (χ2n) is 4.08. The Morgan fingerprint density at radius 2 is 1.87 bits per heavy atom. The molecule has 0 aliphatic rings. The third-order valence-corrected chi connectivity index (χ3v) is 2.16. The van der Waals surface area contributed by atoms with Gasteiger partial charge in [0.05, 0.1) is 0 Å². The maximum Gasteiger partial charge on any atom is 0.253 e. The van der Waals surface area contributed by atoms with Crippen LogP contribution in [-0.2, 0) is 6.42 Å². The number of carbonyl (C=O) groups excluding carboxylic acids is 1. The molecule has 0 saturated carbocycles. The van der Waals surface area contributed by atoms with E-state index in [2.05, 4.69) is 0 Å². The Hall–Kier alpha value is -1.35. The molecule has 1 aromatic rings. The van der Waals surface area contributed by atoms with E-state index < -0.39 is 0 Å². The summed E-state index contributed by atoms with van der Waals surface area (Å²) in [7, 11) is 3.50. The molecule has 1 atom stereocenters. The van der Waals surface area contributed by atoms with Gasteiger partial charge in [0.2, 0.25) is 0 Å². The van der Waals surface area contributed by atoms with E-state index in [0.717, 1.165) is 6.42 Å². The van der Waals surface area contributed by atoms with Gasteiger partial charge in [0.1, 0.15) is 0 Å². The van der Waals surface area contributed by atoms with Crippen molar-refractivity contribution in [3.8, 4) is 0 Å². The summed E-state index contributed by atoms with van der Waals surface area (Å²) >= 11 is 0. The third kappa shape index (κ3) is 3.36. The van der Waals surface area contributed by atoms with Gasteiger partial charge in [0.15, 0.2) is 0 Å². The molecule has 0 fully saturated rings. The van der Waals surface area contributed by atoms with Gasteiger partial charge in [-0.1, -0.05) is 12.1 Å². The maximum absolute atomic E-state index is 11.6. The average molecular weight is 206 g/mol. The van der Waals surface area contributed by atoms with Gasteiger partial charge in [-0.25, -0.2) is 0 Å². The zero-order valence-corrected chi connectivity index (χ0v) is 9.53. The molecular weight excluding hydrogens is 188 g/mol. The van der Waals surface area contributed by atoms with E-state index in [-0.39, 0.29) is 11.9 Å². The van der Waals surface area contributed by atoms with Gasteiger partial charge in [-0.15, -0.1) is 0 Å². The lowest BCUT2D eigenvalue weighted by molar-refractivity contribution is 0.0827. The Labute approximate surface area is 90.9 Å². The molecule has 82 valence electrons. The molecule has 0 heterocycles. The molecule has 0 aromatic heterocycles. The molecule has 1 amide bonds. The summed E-state index contributed by atoms with van der Waals surface area (Å²) in [6.07, 6.45) is 0.844. The van der Waals surface area contributed by atoms with E-state index in [1.54, 1.807) is 19.0 Å². The quantitative estimate of drug-likeness (QED) is 0.809. The van der Waals surface area contributed by atoms with Crippen molar-refractivity contribution >= 4 is 5.91 Å². The first-order valence-electron chi connectivity index (χ1n) is 5.07. The maximum atomic E-state index is 11.6. The highest BCUT2D eigenvalue weighted by molar-refractivity contribution is 5.93. The van der Waals surface area contributed by atoms with Crippen molar-refractivity contribution in [2.45, 2.75) is 19.4 Å². The van der Waals surface area contributed by atoms with Gasteiger partial charge in [-0.05, 0) is 31.0 Å². The number of amides is 1. The van der Waals surface area contributed by atoms with Gasteiger partial charge in [0, 0.05) is 25.7 Å². The van der Waals surface area contributed by atoms with Crippen LogP contribution in [0.25, 0.3) is 0 Å². The summed E-state index contributed by atoms with van der Waals surface area (Å²) in [6.45, 7) is 1.97. The van der Waals surface area contributed by atoms with Gasteiger partial charge in [0.25, 0.3) is 5.91 Å². The fraction of sp³-hybridized carbons (Fsp3) is 0.417. The summed E-state index contributed by atoms with van der Waals surface area (Å²) < 4.78 is 0. The Balaban J connectivity index is 2.76. The molecule has 0 unspecified atom stereocenters. The summed E-state index contributed by atoms with van der Waals surface area (Å²) in [5.41, 5.74) is 7.58. The van der Waals surface area contributed by atoms with Crippen LogP contribution in [0.5, 0.6) is 0 Å². The number of hydrogen-bond donors (Lipinski definition) is 1. The molecule has 15 heavy (non-hydrogen) atoms. The first-order valence-corrected chi connectivity index (χ1v) is 5.07. The number of rotatable bonds is 3. The predicted molar refractivity (Wildman–Crippen MR) is 61.8 cm³/mol. The highest BCUT2D eigenvalue weighted by Gasteiger charge is 2.07. The molecule has 1 aromatic carbocycles. The van der Waals surface area contributed by atoms with Crippen LogP contribution >= 0.6 is 0 Å². The summed E-state index contributed by atoms with van der Waals surface area (Å²) in [4.78, 5) is 13.1. The first kappa shape index (κ1) is 11.7. The lowest BCUT2D eigenvalue weighted by Gasteiger charge is -2.11. The monoisotopic (exact) mass is 206 g/mol. The summed E-state index contributed by atoms with van der Waals surface area (Å²) in [5, 5.41) is 0. The van der Waals surface area contributed by atoms with Crippen molar-refractivity contribution in [2.75, 3.05) is 14.1 Å². The highest BCUT2D eigenvalue weighted by Crippen LogP contribution is 2.07. The van der Waals surface area contributed by atoms with Gasteiger partial charge < -0.3 is 10.6 Å². The number of carbonyl (C=O) groups is 1. The smallest absolute Gasteiger partial charge is 0.253 e. The van der Waals surface area contributed by atoms with Crippen molar-refractivity contribution in [1.29, 1.82) is 0 Å². The highest BCUT2D eigenvalue weighted by atomic mass is 16.2. The molecular formula is C12H18N2O. The summed E-state index contributed by atoms with van der Waals surface area (Å²) in [6, 6.07) is 7.76. The van der Waals surface area contributed by atoms with Crippen molar-refractivity contribution < 1.29 is 4.79 Å². The van der Waals surface area contributed by atoms with Crippen LogP contribution in [0, 0.1) is 0 Å². The van der Waals surface area contributed by atoms with Crippen LogP contribution in [0.15, 0.2) is 24.3 Å². The minimum atomic E-state index is 0.0300. The van der Waals surface area contributed by atoms with E-state index in [1.165, 1.54) is 5.56 Å². The Morgan fingerprint density at radius 1 is 1.33 bits per heavy atom. The minimum Gasteiger partial charge on any atom is -0.345 e. The standard InChI is InChI=1S/C12H18N2O/c1-9(13)8-10-4-6-11(7-5-10)12(15)14(2)3/h4-7,9H,8,13H2,1-3H3/t9-/m1/s1. The van der Waals surface area contributed by atoms with Crippen molar-refractivity contribution in [3.63, 3.8) is 0 Å². The molecule has 3 nitrogen and oxygen atoms in total. The van der Waals surface area contributed by atoms with Crippen molar-refractivity contribution in [2.24, 2.45) is 5.73 Å². The van der Waals surface area contributed by atoms with Crippen LogP contribution in [0.2, 0.25) is 0 Å². The SMILES string of the molecule is C[C@@H](N)Cc1ccc(C(=O)N(C)C)cc1. The predicted octanol–water partition coefficient (Wildman–Crippen LogP) is 1.28. The van der Waals surface area contributed by atoms with Crippen LogP contribution < -0.4 is 5.73 Å². The Kier molecular flexibility index (Phi) is 3.86. The molecule has 0 radical (unpaired) electrons. The largest absolute Gasteiger partial charge is 0.345 e. The number of benzene rings is 1. The lowest BCUT2D eigenvalue weighted by Crippen LogP contribution is -2.21. The van der Waals surface area contributed by atoms with Crippen LogP contribution in [0.3, 0.4) is 0 Å². The topological polar surface area (TPSA) is 46.3 Å². The molecule has 0 bridgehead atoms. The second kappa shape index (κ2) is 4.94. The number of nitrogens with zero attached hydrogens (tertiary/aromatic N) is 1. The zero-order chi connectivity index (χ0) is 11.4. The molecule has 0 spiro atoms. The lowest BCUT2D eigenvalue weighted by atomic mass is 10.1. The molecule has 0 saturated heterocycles. The van der Waals surface area contributed by atoms with E-state index >= 15 is 0 Å². The zero-order valence-electron chi connectivity index (χ0n) is 9.53. The van der Waals surface area contributed by atoms with Gasteiger partial charge in [-0.2, -0.15) is 0 Å². The Bertz CT molecular complexity index is 328. The average Bonchev–Trinajstić information content (AvgIpc) is 2.17. The number of nitrogens with two attached hydrogens (primary N) is 1. The fourth-order valence-electron chi connectivity index (χ4n) is 1.41. The Morgan fingerprint density at radius 3 is 2.27 bits per heavy atom. The van der Waals surface area contributed by atoms with E-state index in [4.69, 9.17) is 5.73 Å². The minimum absolute atomic E-state index is 0.0300. The molecule has 0 aliphatic heterocycles.